The number of ether oxygens (including phenoxy) is 1. The maximum atomic E-state index is 13.9. The Hall–Kier alpha value is -2.43. The molecule has 2 aromatic rings. The second-order valence-electron chi connectivity index (χ2n) is 4.61. The van der Waals surface area contributed by atoms with Gasteiger partial charge in [-0.25, -0.2) is 13.6 Å². The summed E-state index contributed by atoms with van der Waals surface area (Å²) in [5.41, 5.74) is 1.18. The molecule has 0 bridgehead atoms. The lowest BCUT2D eigenvalue weighted by Crippen LogP contribution is -2.24. The third-order valence-corrected chi connectivity index (χ3v) is 3.05. The average molecular weight is 291 g/mol. The molecule has 0 radical (unpaired) electrons. The third-order valence-electron chi connectivity index (χ3n) is 3.05. The first kappa shape index (κ1) is 15.0. The molecule has 0 aliphatic heterocycles. The molecule has 0 saturated carbocycles. The zero-order chi connectivity index (χ0) is 15.4. The molecule has 1 N–H and O–H groups in total. The standard InChI is InChI=1S/C16H15F2NO2/c1-10-5-3-6-11(9-10)19-15(16(20)21-2)14-12(17)7-4-8-13(14)18/h3-9,15,19H,1-2H3. The van der Waals surface area contributed by atoms with Crippen molar-refractivity contribution < 1.29 is 18.3 Å². The van der Waals surface area contributed by atoms with Crippen LogP contribution in [-0.4, -0.2) is 13.1 Å². The van der Waals surface area contributed by atoms with Crippen molar-refractivity contribution in [1.82, 2.24) is 0 Å². The van der Waals surface area contributed by atoms with Crippen molar-refractivity contribution in [3.63, 3.8) is 0 Å². The molecule has 0 amide bonds. The minimum Gasteiger partial charge on any atom is -0.467 e. The highest BCUT2D eigenvalue weighted by molar-refractivity contribution is 5.81. The number of rotatable bonds is 4. The molecule has 2 aromatic carbocycles. The van der Waals surface area contributed by atoms with Gasteiger partial charge in [-0.3, -0.25) is 0 Å². The molecule has 2 rings (SSSR count). The van der Waals surface area contributed by atoms with Crippen LogP contribution in [0.3, 0.4) is 0 Å². The van der Waals surface area contributed by atoms with Gasteiger partial charge in [-0.1, -0.05) is 18.2 Å². The number of hydrogen-bond donors (Lipinski definition) is 1. The van der Waals surface area contributed by atoms with E-state index in [0.29, 0.717) is 5.69 Å². The number of methoxy groups -OCH3 is 1. The van der Waals surface area contributed by atoms with E-state index in [4.69, 9.17) is 0 Å². The molecule has 5 heteroatoms. The van der Waals surface area contributed by atoms with Gasteiger partial charge in [0.1, 0.15) is 11.6 Å². The predicted molar refractivity (Wildman–Crippen MR) is 75.9 cm³/mol. The van der Waals surface area contributed by atoms with Crippen LogP contribution in [0.2, 0.25) is 0 Å². The Bertz CT molecular complexity index is 638. The van der Waals surface area contributed by atoms with Crippen molar-refractivity contribution in [3.8, 4) is 0 Å². The summed E-state index contributed by atoms with van der Waals surface area (Å²) in [5.74, 6) is -2.36. The Morgan fingerprint density at radius 1 is 1.14 bits per heavy atom. The molecule has 0 fully saturated rings. The summed E-state index contributed by atoms with van der Waals surface area (Å²) in [4.78, 5) is 11.9. The van der Waals surface area contributed by atoms with Crippen LogP contribution in [-0.2, 0) is 9.53 Å². The fourth-order valence-electron chi connectivity index (χ4n) is 2.05. The Morgan fingerprint density at radius 2 is 1.76 bits per heavy atom. The molecule has 0 aliphatic carbocycles. The summed E-state index contributed by atoms with van der Waals surface area (Å²) >= 11 is 0. The number of benzene rings is 2. The summed E-state index contributed by atoms with van der Waals surface area (Å²) < 4.78 is 32.4. The highest BCUT2D eigenvalue weighted by Gasteiger charge is 2.27. The van der Waals surface area contributed by atoms with Gasteiger partial charge in [0.05, 0.1) is 12.7 Å². The fraction of sp³-hybridized carbons (Fsp3) is 0.188. The summed E-state index contributed by atoms with van der Waals surface area (Å²) in [5, 5.41) is 2.81. The zero-order valence-electron chi connectivity index (χ0n) is 11.7. The Kier molecular flexibility index (Phi) is 4.52. The topological polar surface area (TPSA) is 38.3 Å². The van der Waals surface area contributed by atoms with Crippen molar-refractivity contribution in [2.45, 2.75) is 13.0 Å². The Balaban J connectivity index is 2.42. The quantitative estimate of drug-likeness (QED) is 0.875. The van der Waals surface area contributed by atoms with E-state index in [1.807, 2.05) is 13.0 Å². The molecule has 1 unspecified atom stereocenters. The first-order valence-corrected chi connectivity index (χ1v) is 6.38. The van der Waals surface area contributed by atoms with Crippen LogP contribution < -0.4 is 5.32 Å². The van der Waals surface area contributed by atoms with Crippen molar-refractivity contribution >= 4 is 11.7 Å². The molecular weight excluding hydrogens is 276 g/mol. The van der Waals surface area contributed by atoms with Crippen LogP contribution in [0.4, 0.5) is 14.5 Å². The van der Waals surface area contributed by atoms with E-state index < -0.39 is 23.6 Å². The Labute approximate surface area is 121 Å². The van der Waals surface area contributed by atoms with Gasteiger partial charge < -0.3 is 10.1 Å². The van der Waals surface area contributed by atoms with E-state index in [9.17, 15) is 13.6 Å². The molecule has 0 heterocycles. The maximum absolute atomic E-state index is 13.9. The van der Waals surface area contributed by atoms with Gasteiger partial charge in [0.25, 0.3) is 0 Å². The first-order chi connectivity index (χ1) is 10.0. The van der Waals surface area contributed by atoms with Crippen LogP contribution in [0, 0.1) is 18.6 Å². The molecule has 0 aliphatic rings. The summed E-state index contributed by atoms with van der Waals surface area (Å²) in [6, 6.07) is 9.34. The highest BCUT2D eigenvalue weighted by Crippen LogP contribution is 2.26. The second-order valence-corrected chi connectivity index (χ2v) is 4.61. The maximum Gasteiger partial charge on any atom is 0.333 e. The second kappa shape index (κ2) is 6.35. The number of carbonyl (C=O) groups is 1. The van der Waals surface area contributed by atoms with Crippen LogP contribution in [0.1, 0.15) is 17.2 Å². The average Bonchev–Trinajstić information content (AvgIpc) is 2.45. The summed E-state index contributed by atoms with van der Waals surface area (Å²) in [6.07, 6.45) is 0. The van der Waals surface area contributed by atoms with E-state index in [0.717, 1.165) is 17.7 Å². The van der Waals surface area contributed by atoms with E-state index in [2.05, 4.69) is 10.1 Å². The number of hydrogen-bond acceptors (Lipinski definition) is 3. The molecule has 0 spiro atoms. The smallest absolute Gasteiger partial charge is 0.333 e. The lowest BCUT2D eigenvalue weighted by atomic mass is 10.0. The van der Waals surface area contributed by atoms with Crippen LogP contribution >= 0.6 is 0 Å². The fourth-order valence-corrected chi connectivity index (χ4v) is 2.05. The van der Waals surface area contributed by atoms with Crippen molar-refractivity contribution in [1.29, 1.82) is 0 Å². The molecule has 1 atom stereocenters. The monoisotopic (exact) mass is 291 g/mol. The normalized spacial score (nSPS) is 11.8. The lowest BCUT2D eigenvalue weighted by Gasteiger charge is -2.19. The minimum absolute atomic E-state index is 0.356. The van der Waals surface area contributed by atoms with Gasteiger partial charge in [-0.05, 0) is 36.8 Å². The molecule has 110 valence electrons. The lowest BCUT2D eigenvalue weighted by molar-refractivity contribution is -0.141. The van der Waals surface area contributed by atoms with Crippen LogP contribution in [0.15, 0.2) is 42.5 Å². The first-order valence-electron chi connectivity index (χ1n) is 6.38. The third kappa shape index (κ3) is 3.37. The molecule has 21 heavy (non-hydrogen) atoms. The van der Waals surface area contributed by atoms with E-state index in [1.165, 1.54) is 13.2 Å². The minimum atomic E-state index is -1.25. The largest absolute Gasteiger partial charge is 0.467 e. The predicted octanol–water partition coefficient (Wildman–Crippen LogP) is 3.60. The molecule has 3 nitrogen and oxygen atoms in total. The number of carbonyl (C=O) groups excluding carboxylic acids is 1. The van der Waals surface area contributed by atoms with Gasteiger partial charge >= 0.3 is 5.97 Å². The van der Waals surface area contributed by atoms with Gasteiger partial charge in [0.2, 0.25) is 0 Å². The number of anilines is 1. The highest BCUT2D eigenvalue weighted by atomic mass is 19.1. The molecule has 0 aromatic heterocycles. The van der Waals surface area contributed by atoms with Crippen molar-refractivity contribution in [3.05, 3.63) is 65.2 Å². The molecule has 0 saturated heterocycles. The SMILES string of the molecule is COC(=O)C(Nc1cccc(C)c1)c1c(F)cccc1F. The number of esters is 1. The van der Waals surface area contributed by atoms with E-state index >= 15 is 0 Å². The summed E-state index contributed by atoms with van der Waals surface area (Å²) in [6.45, 7) is 1.88. The van der Waals surface area contributed by atoms with Gasteiger partial charge in [-0.15, -0.1) is 0 Å². The van der Waals surface area contributed by atoms with Crippen molar-refractivity contribution in [2.24, 2.45) is 0 Å². The number of aryl methyl sites for hydroxylation is 1. The van der Waals surface area contributed by atoms with E-state index in [1.54, 1.807) is 18.2 Å². The van der Waals surface area contributed by atoms with Crippen molar-refractivity contribution in [2.75, 3.05) is 12.4 Å². The van der Waals surface area contributed by atoms with Crippen LogP contribution in [0.5, 0.6) is 0 Å². The molecular formula is C16H15F2NO2. The van der Waals surface area contributed by atoms with Gasteiger partial charge in [-0.2, -0.15) is 0 Å². The zero-order valence-corrected chi connectivity index (χ0v) is 11.7. The van der Waals surface area contributed by atoms with E-state index in [-0.39, 0.29) is 5.56 Å². The van der Waals surface area contributed by atoms with Crippen LogP contribution in [0.25, 0.3) is 0 Å². The number of halogens is 2. The van der Waals surface area contributed by atoms with Gasteiger partial charge in [0.15, 0.2) is 6.04 Å². The number of nitrogens with one attached hydrogen (secondary N) is 1. The summed E-state index contributed by atoms with van der Waals surface area (Å²) in [7, 11) is 1.17. The van der Waals surface area contributed by atoms with Gasteiger partial charge in [0, 0.05) is 5.69 Å². The Morgan fingerprint density at radius 3 is 2.33 bits per heavy atom.